The average Bonchev–Trinajstić information content (AvgIpc) is 3.61. The fraction of sp³-hybridized carbons (Fsp3) is 0.550. The van der Waals surface area contributed by atoms with Crippen LogP contribution in [-0.2, 0) is 27.3 Å². The smallest absolute Gasteiger partial charge is 0.408 e. The van der Waals surface area contributed by atoms with Gasteiger partial charge in [-0.3, -0.25) is 15.0 Å². The zero-order chi connectivity index (χ0) is 46.6. The second-order valence-electron chi connectivity index (χ2n) is 16.8. The molecule has 0 aliphatic carbocycles. The molecule has 0 aliphatic heterocycles. The number of hydrazine groups is 1. The second-order valence-corrected chi connectivity index (χ2v) is 18.0. The van der Waals surface area contributed by atoms with Crippen LogP contribution < -0.4 is 10.7 Å². The summed E-state index contributed by atoms with van der Waals surface area (Å²) in [7, 11) is 0. The number of benzene rings is 2. The van der Waals surface area contributed by atoms with E-state index in [1.165, 1.54) is 20.8 Å². The van der Waals surface area contributed by atoms with Gasteiger partial charge in [0.2, 0.25) is 5.91 Å². The summed E-state index contributed by atoms with van der Waals surface area (Å²) in [6, 6.07) is 6.77. The predicted molar refractivity (Wildman–Crippen MR) is 211 cm³/mol. The first-order valence-corrected chi connectivity index (χ1v) is 19.8. The predicted octanol–water partition coefficient (Wildman–Crippen LogP) is 9.55. The molecule has 0 aliphatic rings. The molecule has 0 radical (unpaired) electrons. The van der Waals surface area contributed by atoms with Crippen molar-refractivity contribution < 1.29 is 68.1 Å². The van der Waals surface area contributed by atoms with Gasteiger partial charge >= 0.3 is 25.0 Å². The summed E-state index contributed by atoms with van der Waals surface area (Å²) in [6.45, 7) is 3.23. The number of ketones is 1. The number of ether oxygens (including phenoxy) is 1. The first-order chi connectivity index (χ1) is 27.7. The van der Waals surface area contributed by atoms with Crippen LogP contribution in [0.3, 0.4) is 0 Å². The highest BCUT2D eigenvalue weighted by Gasteiger charge is 2.56. The van der Waals surface area contributed by atoms with Gasteiger partial charge in [-0.15, -0.1) is 0 Å². The van der Waals surface area contributed by atoms with Crippen LogP contribution >= 0.6 is 22.6 Å². The summed E-state index contributed by atoms with van der Waals surface area (Å²) in [5, 5.41) is 18.1. The van der Waals surface area contributed by atoms with Crippen LogP contribution in [0.5, 0.6) is 0 Å². The lowest BCUT2D eigenvalue weighted by atomic mass is 9.77. The lowest BCUT2D eigenvalue weighted by Crippen LogP contribution is -2.57. The zero-order valence-electron chi connectivity index (χ0n) is 34.4. The monoisotopic (exact) mass is 995 g/mol. The third kappa shape index (κ3) is 13.5. The van der Waals surface area contributed by atoms with Gasteiger partial charge in [0.15, 0.2) is 5.78 Å². The van der Waals surface area contributed by atoms with Crippen LogP contribution in [0.25, 0.3) is 11.3 Å². The zero-order valence-corrected chi connectivity index (χ0v) is 36.6. The van der Waals surface area contributed by atoms with Crippen molar-refractivity contribution in [3.05, 3.63) is 75.0 Å². The second kappa shape index (κ2) is 19.6. The van der Waals surface area contributed by atoms with Crippen molar-refractivity contribution in [1.29, 1.82) is 0 Å². The molecule has 0 saturated heterocycles. The Balaban J connectivity index is 2.10. The van der Waals surface area contributed by atoms with Crippen LogP contribution in [0.1, 0.15) is 79.5 Å². The fourth-order valence-electron chi connectivity index (χ4n) is 5.94. The lowest BCUT2D eigenvalue weighted by Gasteiger charge is -2.37. The number of nitrogens with zero attached hydrogens (tertiary/aromatic N) is 3. The Bertz CT molecular complexity index is 1980. The van der Waals surface area contributed by atoms with Crippen molar-refractivity contribution in [2.45, 2.75) is 111 Å². The number of alkyl carbamates (subject to hydrolysis) is 1. The number of carbonyl (C=O) groups excluding carboxylic acids is 3. The van der Waals surface area contributed by atoms with Crippen LogP contribution in [0.15, 0.2) is 48.7 Å². The SMILES string of the molecule is C[C@H](C(=O)NN(Cc1c(F)cc(-c2ccn(C(F)F)n2)cc1F)C[C@H](O)[C@@H](CC(=O)[C@@H](NC(=O)OC(C)(C)C)C(C)(C)C(F)(F)F)Cc1ccc(I)cc1)C(C)(C)C(F)(F)F. The summed E-state index contributed by atoms with van der Waals surface area (Å²) in [5.74, 6) is -8.33. The highest BCUT2D eigenvalue weighted by atomic mass is 127. The molecule has 4 atom stereocenters. The quantitative estimate of drug-likeness (QED) is 0.0699. The van der Waals surface area contributed by atoms with Gasteiger partial charge in [-0.2, -0.15) is 40.2 Å². The molecule has 0 unspecified atom stereocenters. The Morgan fingerprint density at radius 1 is 0.885 bits per heavy atom. The lowest BCUT2D eigenvalue weighted by molar-refractivity contribution is -0.227. The summed E-state index contributed by atoms with van der Waals surface area (Å²) in [4.78, 5) is 40.2. The van der Waals surface area contributed by atoms with E-state index in [9.17, 15) is 54.6 Å². The number of amides is 2. The average molecular weight is 996 g/mol. The third-order valence-corrected chi connectivity index (χ3v) is 11.0. The molecule has 1 aromatic heterocycles. The number of hydrogen-bond acceptors (Lipinski definition) is 7. The largest absolute Gasteiger partial charge is 0.444 e. The number of hydrogen-bond donors (Lipinski definition) is 3. The molecule has 3 aromatic rings. The van der Waals surface area contributed by atoms with Gasteiger partial charge in [0.25, 0.3) is 0 Å². The van der Waals surface area contributed by atoms with Crippen molar-refractivity contribution >= 4 is 40.4 Å². The molecule has 0 spiro atoms. The van der Waals surface area contributed by atoms with E-state index in [1.54, 1.807) is 24.3 Å². The first kappa shape index (κ1) is 51.4. The van der Waals surface area contributed by atoms with E-state index in [2.05, 4.69) is 10.5 Å². The van der Waals surface area contributed by atoms with Crippen molar-refractivity contribution in [2.75, 3.05) is 6.54 Å². The minimum atomic E-state index is -5.07. The Hall–Kier alpha value is -3.99. The highest BCUT2D eigenvalue weighted by Crippen LogP contribution is 2.44. The highest BCUT2D eigenvalue weighted by molar-refractivity contribution is 14.1. The van der Waals surface area contributed by atoms with Gasteiger partial charge in [-0.25, -0.2) is 23.3 Å². The minimum Gasteiger partial charge on any atom is -0.444 e. The van der Waals surface area contributed by atoms with E-state index in [-0.39, 0.29) is 22.4 Å². The third-order valence-electron chi connectivity index (χ3n) is 10.3. The molecule has 21 heteroatoms. The molecule has 61 heavy (non-hydrogen) atoms. The summed E-state index contributed by atoms with van der Waals surface area (Å²) < 4.78 is 149. The van der Waals surface area contributed by atoms with E-state index in [1.807, 2.05) is 27.9 Å². The Labute approximate surface area is 359 Å². The number of carbonyl (C=O) groups is 3. The summed E-state index contributed by atoms with van der Waals surface area (Å²) in [6.07, 6.45) is -13.4. The van der Waals surface area contributed by atoms with Crippen molar-refractivity contribution in [1.82, 2.24) is 25.5 Å². The number of aliphatic hydroxyl groups excluding tert-OH is 1. The Morgan fingerprint density at radius 3 is 1.90 bits per heavy atom. The molecular weight excluding hydrogens is 947 g/mol. The van der Waals surface area contributed by atoms with Crippen molar-refractivity contribution in [3.8, 4) is 11.3 Å². The van der Waals surface area contributed by atoms with Crippen LogP contribution in [-0.4, -0.2) is 74.3 Å². The molecular formula is C40H48F10IN5O5. The van der Waals surface area contributed by atoms with Crippen LogP contribution in [0.4, 0.5) is 48.7 Å². The Kier molecular flexibility index (Phi) is 16.5. The maximum atomic E-state index is 15.7. The van der Waals surface area contributed by atoms with Gasteiger partial charge in [-0.1, -0.05) is 32.9 Å². The minimum absolute atomic E-state index is 0.225. The molecule has 2 amide bonds. The summed E-state index contributed by atoms with van der Waals surface area (Å²) in [5.41, 5.74) is -5.42. The summed E-state index contributed by atoms with van der Waals surface area (Å²) >= 11 is 2.00. The van der Waals surface area contributed by atoms with E-state index in [4.69, 9.17) is 4.74 Å². The molecule has 2 aromatic carbocycles. The van der Waals surface area contributed by atoms with Gasteiger partial charge < -0.3 is 15.2 Å². The van der Waals surface area contributed by atoms with Gasteiger partial charge in [-0.05, 0) is 105 Å². The topological polar surface area (TPSA) is 126 Å². The van der Waals surface area contributed by atoms with E-state index >= 15 is 8.78 Å². The number of aliphatic hydroxyl groups is 1. The number of nitrogens with one attached hydrogen (secondary N) is 2. The van der Waals surface area contributed by atoms with E-state index in [0.29, 0.717) is 24.4 Å². The van der Waals surface area contributed by atoms with E-state index < -0.39 is 114 Å². The van der Waals surface area contributed by atoms with E-state index in [0.717, 1.165) is 48.7 Å². The molecule has 3 rings (SSSR count). The molecule has 10 nitrogen and oxygen atoms in total. The number of rotatable bonds is 17. The van der Waals surface area contributed by atoms with Crippen molar-refractivity contribution in [3.63, 3.8) is 0 Å². The molecule has 0 fully saturated rings. The first-order valence-electron chi connectivity index (χ1n) is 18.7. The van der Waals surface area contributed by atoms with Gasteiger partial charge in [0.1, 0.15) is 23.3 Å². The maximum Gasteiger partial charge on any atom is 0.408 e. The fourth-order valence-corrected chi connectivity index (χ4v) is 6.30. The van der Waals surface area contributed by atoms with Crippen LogP contribution in [0.2, 0.25) is 0 Å². The van der Waals surface area contributed by atoms with Crippen molar-refractivity contribution in [2.24, 2.45) is 22.7 Å². The molecule has 1 heterocycles. The Morgan fingerprint density at radius 2 is 1.43 bits per heavy atom. The maximum absolute atomic E-state index is 15.7. The molecule has 3 N–H and O–H groups in total. The van der Waals surface area contributed by atoms with Gasteiger partial charge in [0, 0.05) is 40.4 Å². The number of Topliss-reactive ketones (excluding diaryl/α,β-unsaturated/α-hetero) is 1. The molecule has 0 saturated carbocycles. The molecule has 340 valence electrons. The van der Waals surface area contributed by atoms with Crippen LogP contribution in [0, 0.1) is 37.9 Å². The number of halogens is 11. The number of alkyl halides is 8. The van der Waals surface area contributed by atoms with Gasteiger partial charge in [0.05, 0.1) is 28.5 Å². The standard InChI is InChI=1S/C40H48F10IN5O5/c1-21(37(5,6)39(45,46)47)33(59)54-55(19-26-27(41)16-23(17-28(26)42)29-13-14-56(53-29)34(43)44)20-31(58)24(15-22-9-11-25(51)12-10-22)18-30(57)32(38(7,8)40(48,49)50)52-35(60)61-36(2,3)4/h9-14,16-17,21,24,31-32,34,58H,15,18-20H2,1-8H3,(H,52,60)(H,54,59)/t21-,24-,31+,32-/m1/s1. The molecule has 0 bridgehead atoms. The number of aromatic nitrogens is 2. The normalized spacial score (nSPS) is 15.0.